The lowest BCUT2D eigenvalue weighted by molar-refractivity contribution is 0.780. The molecule has 4 heteroatoms. The molecule has 1 aromatic rings. The number of aromatic nitrogens is 1. The molecular formula is C11H14N4. The maximum Gasteiger partial charge on any atom is 0.123 e. The fourth-order valence-corrected chi connectivity index (χ4v) is 1.59. The van der Waals surface area contributed by atoms with Crippen molar-refractivity contribution in [1.29, 1.82) is 0 Å². The van der Waals surface area contributed by atoms with Crippen molar-refractivity contribution in [3.05, 3.63) is 29.6 Å². The summed E-state index contributed by atoms with van der Waals surface area (Å²) in [6.45, 7) is 4.10. The van der Waals surface area contributed by atoms with E-state index in [2.05, 4.69) is 22.1 Å². The van der Waals surface area contributed by atoms with Crippen LogP contribution in [0.5, 0.6) is 0 Å². The van der Waals surface area contributed by atoms with E-state index in [0.29, 0.717) is 5.84 Å². The van der Waals surface area contributed by atoms with Crippen LogP contribution in [0.3, 0.4) is 0 Å². The van der Waals surface area contributed by atoms with Crippen LogP contribution in [0.25, 0.3) is 0 Å². The number of amidine groups is 1. The minimum atomic E-state index is 0.290. The number of hydrogen-bond donors (Lipinski definition) is 1. The van der Waals surface area contributed by atoms with E-state index in [1.807, 2.05) is 25.3 Å². The van der Waals surface area contributed by atoms with Crippen molar-refractivity contribution in [2.75, 3.05) is 0 Å². The average molecular weight is 202 g/mol. The lowest BCUT2D eigenvalue weighted by atomic mass is 9.97. The second kappa shape index (κ2) is 3.81. The van der Waals surface area contributed by atoms with Gasteiger partial charge in [-0.15, -0.1) is 5.10 Å². The van der Waals surface area contributed by atoms with Crippen molar-refractivity contribution < 1.29 is 0 Å². The first-order valence-electron chi connectivity index (χ1n) is 4.99. The van der Waals surface area contributed by atoms with Gasteiger partial charge in [0, 0.05) is 18.5 Å². The van der Waals surface area contributed by atoms with Crippen LogP contribution in [-0.4, -0.2) is 16.5 Å². The van der Waals surface area contributed by atoms with Crippen LogP contribution in [0, 0.1) is 12.8 Å². The first-order valence-corrected chi connectivity index (χ1v) is 4.99. The van der Waals surface area contributed by atoms with Gasteiger partial charge >= 0.3 is 0 Å². The van der Waals surface area contributed by atoms with Gasteiger partial charge in [-0.25, -0.2) is 0 Å². The fraction of sp³-hybridized carbons (Fsp3) is 0.364. The molecule has 1 aromatic heterocycles. The molecule has 2 rings (SSSR count). The van der Waals surface area contributed by atoms with Crippen molar-refractivity contribution in [2.24, 2.45) is 21.9 Å². The summed E-state index contributed by atoms with van der Waals surface area (Å²) in [7, 11) is 0. The van der Waals surface area contributed by atoms with Crippen molar-refractivity contribution in [3.8, 4) is 0 Å². The molecule has 1 aliphatic rings. The number of rotatable bonds is 1. The molecular weight excluding hydrogens is 188 g/mol. The van der Waals surface area contributed by atoms with E-state index in [-0.39, 0.29) is 5.92 Å². The third-order valence-electron chi connectivity index (χ3n) is 2.44. The molecule has 0 spiro atoms. The SMILES string of the molecule is Cc1ccc(C2=NN=C(N)CC2C)nc1. The second-order valence-electron chi connectivity index (χ2n) is 3.90. The van der Waals surface area contributed by atoms with Crippen molar-refractivity contribution >= 4 is 11.5 Å². The lowest BCUT2D eigenvalue weighted by Gasteiger charge is -2.16. The summed E-state index contributed by atoms with van der Waals surface area (Å²) in [6, 6.07) is 4.00. The minimum Gasteiger partial charge on any atom is -0.386 e. The van der Waals surface area contributed by atoms with Gasteiger partial charge in [0.25, 0.3) is 0 Å². The first kappa shape index (κ1) is 9.83. The molecule has 1 atom stereocenters. The summed E-state index contributed by atoms with van der Waals surface area (Å²) in [5.74, 6) is 0.885. The molecule has 0 amide bonds. The van der Waals surface area contributed by atoms with E-state index < -0.39 is 0 Å². The second-order valence-corrected chi connectivity index (χ2v) is 3.90. The van der Waals surface area contributed by atoms with E-state index in [1.54, 1.807) is 0 Å². The van der Waals surface area contributed by atoms with Gasteiger partial charge in [0.1, 0.15) is 5.84 Å². The standard InChI is InChI=1S/C11H14N4/c1-7-3-4-9(13-6-7)11-8(2)5-10(12)14-15-11/h3-4,6,8H,5H2,1-2H3,(H2,12,14). The highest BCUT2D eigenvalue weighted by atomic mass is 15.2. The molecule has 2 heterocycles. The van der Waals surface area contributed by atoms with Gasteiger partial charge in [0.15, 0.2) is 0 Å². The van der Waals surface area contributed by atoms with Crippen molar-refractivity contribution in [1.82, 2.24) is 4.98 Å². The minimum absolute atomic E-state index is 0.290. The van der Waals surface area contributed by atoms with E-state index in [1.165, 1.54) is 0 Å². The Balaban J connectivity index is 2.35. The van der Waals surface area contributed by atoms with Gasteiger partial charge in [0.05, 0.1) is 11.4 Å². The normalized spacial score (nSPS) is 20.8. The number of nitrogens with two attached hydrogens (primary N) is 1. The van der Waals surface area contributed by atoms with Gasteiger partial charge in [-0.2, -0.15) is 5.10 Å². The van der Waals surface area contributed by atoms with Crippen LogP contribution in [-0.2, 0) is 0 Å². The summed E-state index contributed by atoms with van der Waals surface area (Å²) in [4.78, 5) is 4.34. The van der Waals surface area contributed by atoms with Crippen LogP contribution in [0.4, 0.5) is 0 Å². The van der Waals surface area contributed by atoms with Crippen LogP contribution >= 0.6 is 0 Å². The highest BCUT2D eigenvalue weighted by Crippen LogP contribution is 2.15. The molecule has 0 aliphatic carbocycles. The summed E-state index contributed by atoms with van der Waals surface area (Å²) in [5, 5.41) is 8.01. The van der Waals surface area contributed by atoms with Crippen molar-refractivity contribution in [2.45, 2.75) is 20.3 Å². The van der Waals surface area contributed by atoms with E-state index in [4.69, 9.17) is 5.73 Å². The van der Waals surface area contributed by atoms with E-state index in [0.717, 1.165) is 23.4 Å². The van der Waals surface area contributed by atoms with Gasteiger partial charge in [-0.3, -0.25) is 4.98 Å². The summed E-state index contributed by atoms with van der Waals surface area (Å²) < 4.78 is 0. The van der Waals surface area contributed by atoms with Crippen LogP contribution in [0.15, 0.2) is 28.5 Å². The number of pyridine rings is 1. The topological polar surface area (TPSA) is 63.6 Å². The van der Waals surface area contributed by atoms with Gasteiger partial charge < -0.3 is 5.73 Å². The fourth-order valence-electron chi connectivity index (χ4n) is 1.59. The Bertz CT molecular complexity index is 417. The molecule has 0 saturated carbocycles. The lowest BCUT2D eigenvalue weighted by Crippen LogP contribution is -2.25. The summed E-state index contributed by atoms with van der Waals surface area (Å²) in [6.07, 6.45) is 2.60. The third kappa shape index (κ3) is 2.03. The zero-order chi connectivity index (χ0) is 10.8. The maximum atomic E-state index is 5.61. The summed E-state index contributed by atoms with van der Waals surface area (Å²) >= 11 is 0. The van der Waals surface area contributed by atoms with Crippen molar-refractivity contribution in [3.63, 3.8) is 0 Å². The molecule has 1 unspecified atom stereocenters. The maximum absolute atomic E-state index is 5.61. The van der Waals surface area contributed by atoms with Gasteiger partial charge in [-0.05, 0) is 18.6 Å². The monoisotopic (exact) mass is 202 g/mol. The molecule has 0 bridgehead atoms. The van der Waals surface area contributed by atoms with Gasteiger partial charge in [0.2, 0.25) is 0 Å². The van der Waals surface area contributed by atoms with Crippen LogP contribution in [0.2, 0.25) is 0 Å². The Morgan fingerprint density at radius 3 is 2.73 bits per heavy atom. The molecule has 4 nitrogen and oxygen atoms in total. The Morgan fingerprint density at radius 2 is 2.13 bits per heavy atom. The van der Waals surface area contributed by atoms with Crippen LogP contribution in [0.1, 0.15) is 24.6 Å². The Labute approximate surface area is 88.9 Å². The zero-order valence-electron chi connectivity index (χ0n) is 8.94. The zero-order valence-corrected chi connectivity index (χ0v) is 8.94. The Hall–Kier alpha value is -1.71. The molecule has 0 radical (unpaired) electrons. The number of aryl methyl sites for hydroxylation is 1. The molecule has 2 N–H and O–H groups in total. The largest absolute Gasteiger partial charge is 0.386 e. The molecule has 0 aromatic carbocycles. The smallest absolute Gasteiger partial charge is 0.123 e. The third-order valence-corrected chi connectivity index (χ3v) is 2.44. The highest BCUT2D eigenvalue weighted by molar-refractivity contribution is 6.04. The molecule has 15 heavy (non-hydrogen) atoms. The molecule has 0 fully saturated rings. The van der Waals surface area contributed by atoms with Crippen LogP contribution < -0.4 is 5.73 Å². The van der Waals surface area contributed by atoms with E-state index >= 15 is 0 Å². The van der Waals surface area contributed by atoms with E-state index in [9.17, 15) is 0 Å². The molecule has 1 aliphatic heterocycles. The summed E-state index contributed by atoms with van der Waals surface area (Å²) in [5.41, 5.74) is 8.57. The molecule has 0 saturated heterocycles. The first-order chi connectivity index (χ1) is 7.16. The quantitative estimate of drug-likeness (QED) is 0.749. The Kier molecular flexibility index (Phi) is 2.49. The Morgan fingerprint density at radius 1 is 1.33 bits per heavy atom. The number of hydrogen-bond acceptors (Lipinski definition) is 4. The highest BCUT2D eigenvalue weighted by Gasteiger charge is 2.19. The van der Waals surface area contributed by atoms with Gasteiger partial charge in [-0.1, -0.05) is 13.0 Å². The predicted octanol–water partition coefficient (Wildman–Crippen LogP) is 1.49. The number of nitrogens with zero attached hydrogens (tertiary/aromatic N) is 3. The average Bonchev–Trinajstić information content (AvgIpc) is 2.20. The molecule has 78 valence electrons. The predicted molar refractivity (Wildman–Crippen MR) is 60.9 cm³/mol.